The Bertz CT molecular complexity index is 770. The number of fused-ring (bicyclic) bond motifs is 1. The van der Waals surface area contributed by atoms with Crippen LogP contribution in [-0.2, 0) is 4.79 Å². The lowest BCUT2D eigenvalue weighted by Gasteiger charge is -2.01. The first-order chi connectivity index (χ1) is 10.2. The van der Waals surface area contributed by atoms with Gasteiger partial charge >= 0.3 is 0 Å². The van der Waals surface area contributed by atoms with Crippen molar-refractivity contribution in [3.63, 3.8) is 0 Å². The van der Waals surface area contributed by atoms with Crippen molar-refractivity contribution in [3.05, 3.63) is 66.2 Å². The zero-order valence-corrected chi connectivity index (χ0v) is 11.6. The minimum absolute atomic E-state index is 0.199. The summed E-state index contributed by atoms with van der Waals surface area (Å²) in [5.74, 6) is 0.258. The second-order valence-electron chi connectivity index (χ2n) is 4.79. The van der Waals surface area contributed by atoms with E-state index in [-0.39, 0.29) is 5.91 Å². The lowest BCUT2D eigenvalue weighted by Crippen LogP contribution is -2.09. The maximum atomic E-state index is 12.0. The molecule has 3 aromatic rings. The van der Waals surface area contributed by atoms with Crippen LogP contribution in [0.25, 0.3) is 16.6 Å². The predicted octanol–water partition coefficient (Wildman–Crippen LogP) is 3.60. The van der Waals surface area contributed by atoms with Crippen molar-refractivity contribution in [2.24, 2.45) is 0 Å². The fraction of sp³-hybridized carbons (Fsp3) is 0.0588. The van der Waals surface area contributed by atoms with Crippen LogP contribution in [0, 0.1) is 0 Å². The maximum Gasteiger partial charge on any atom is 0.250 e. The van der Waals surface area contributed by atoms with Crippen LogP contribution in [0.3, 0.4) is 0 Å². The van der Waals surface area contributed by atoms with E-state index in [1.165, 1.54) is 0 Å². The van der Waals surface area contributed by atoms with E-state index in [1.54, 1.807) is 6.08 Å². The van der Waals surface area contributed by atoms with Gasteiger partial charge in [0.25, 0.3) is 5.91 Å². The van der Waals surface area contributed by atoms with Crippen molar-refractivity contribution in [1.82, 2.24) is 9.97 Å². The van der Waals surface area contributed by atoms with Gasteiger partial charge in [-0.2, -0.15) is 0 Å². The van der Waals surface area contributed by atoms with E-state index in [4.69, 9.17) is 0 Å². The molecule has 0 radical (unpaired) electrons. The molecule has 0 aliphatic heterocycles. The molecule has 21 heavy (non-hydrogen) atoms. The molecule has 0 unspecified atom stereocenters. The molecule has 1 amide bonds. The molecule has 3 rings (SSSR count). The third kappa shape index (κ3) is 3.00. The molecule has 0 bridgehead atoms. The Hall–Kier alpha value is -2.88. The summed E-state index contributed by atoms with van der Waals surface area (Å²) in [6, 6.07) is 17.4. The van der Waals surface area contributed by atoms with Crippen molar-refractivity contribution >= 4 is 28.5 Å². The number of aromatic nitrogens is 2. The average Bonchev–Trinajstić information content (AvgIpc) is 2.90. The number of amides is 1. The van der Waals surface area contributed by atoms with Crippen LogP contribution in [0.4, 0.5) is 5.95 Å². The van der Waals surface area contributed by atoms with E-state index in [0.717, 1.165) is 22.2 Å². The number of imidazole rings is 1. The maximum absolute atomic E-state index is 12.0. The fourth-order valence-electron chi connectivity index (χ4n) is 2.15. The standard InChI is InChI=1S/C17H15N3O/c1-12(13-7-3-2-4-8-13)11-16(21)20-17-18-14-9-5-6-10-15(14)19-17/h2-11H,1H3,(H2,18,19,20,21)/b12-11-. The SMILES string of the molecule is C/C(=C/C(=O)Nc1nc2ccccc2[nH]1)c1ccccc1. The molecule has 0 fully saturated rings. The van der Waals surface area contributed by atoms with Crippen molar-refractivity contribution in [2.75, 3.05) is 5.32 Å². The highest BCUT2D eigenvalue weighted by Gasteiger charge is 2.05. The van der Waals surface area contributed by atoms with Gasteiger partial charge in [-0.3, -0.25) is 10.1 Å². The van der Waals surface area contributed by atoms with Crippen molar-refractivity contribution in [2.45, 2.75) is 6.92 Å². The fourth-order valence-corrected chi connectivity index (χ4v) is 2.15. The topological polar surface area (TPSA) is 57.8 Å². The number of anilines is 1. The minimum atomic E-state index is -0.199. The number of hydrogen-bond acceptors (Lipinski definition) is 2. The van der Waals surface area contributed by atoms with Gasteiger partial charge in [-0.05, 0) is 30.2 Å². The Balaban J connectivity index is 1.77. The van der Waals surface area contributed by atoms with Gasteiger partial charge in [0, 0.05) is 6.08 Å². The van der Waals surface area contributed by atoms with Gasteiger partial charge in [0.15, 0.2) is 0 Å². The highest BCUT2D eigenvalue weighted by molar-refractivity contribution is 6.03. The summed E-state index contributed by atoms with van der Waals surface area (Å²) < 4.78 is 0. The number of para-hydroxylation sites is 2. The number of carbonyl (C=O) groups is 1. The zero-order valence-electron chi connectivity index (χ0n) is 11.6. The molecule has 104 valence electrons. The van der Waals surface area contributed by atoms with E-state index < -0.39 is 0 Å². The Kier molecular flexibility index (Phi) is 3.51. The molecule has 4 nitrogen and oxygen atoms in total. The van der Waals surface area contributed by atoms with Gasteiger partial charge in [-0.1, -0.05) is 42.5 Å². The molecular formula is C17H15N3O. The summed E-state index contributed by atoms with van der Waals surface area (Å²) in [5.41, 5.74) is 3.66. The first kappa shape index (κ1) is 13.1. The Morgan fingerprint density at radius 3 is 2.57 bits per heavy atom. The number of allylic oxidation sites excluding steroid dienone is 1. The number of hydrogen-bond donors (Lipinski definition) is 2. The molecule has 0 aliphatic carbocycles. The van der Waals surface area contributed by atoms with Crippen molar-refractivity contribution in [1.29, 1.82) is 0 Å². The van der Waals surface area contributed by atoms with Gasteiger partial charge in [0.2, 0.25) is 5.95 Å². The van der Waals surface area contributed by atoms with Crippen LogP contribution in [-0.4, -0.2) is 15.9 Å². The Morgan fingerprint density at radius 2 is 1.81 bits per heavy atom. The lowest BCUT2D eigenvalue weighted by molar-refractivity contribution is -0.111. The molecule has 4 heteroatoms. The second kappa shape index (κ2) is 5.63. The van der Waals surface area contributed by atoms with E-state index >= 15 is 0 Å². The van der Waals surface area contributed by atoms with Crippen LogP contribution in [0.1, 0.15) is 12.5 Å². The summed E-state index contributed by atoms with van der Waals surface area (Å²) in [4.78, 5) is 19.4. The van der Waals surface area contributed by atoms with Crippen LogP contribution in [0.2, 0.25) is 0 Å². The highest BCUT2D eigenvalue weighted by atomic mass is 16.1. The normalized spacial score (nSPS) is 11.6. The number of H-pyrrole nitrogens is 1. The summed E-state index contributed by atoms with van der Waals surface area (Å²) in [6.45, 7) is 1.91. The number of aromatic amines is 1. The predicted molar refractivity (Wildman–Crippen MR) is 84.8 cm³/mol. The molecule has 0 saturated carbocycles. The van der Waals surface area contributed by atoms with Crippen LogP contribution >= 0.6 is 0 Å². The third-order valence-corrected chi connectivity index (χ3v) is 3.21. The molecule has 0 spiro atoms. The van der Waals surface area contributed by atoms with Crippen LogP contribution in [0.5, 0.6) is 0 Å². The summed E-state index contributed by atoms with van der Waals surface area (Å²) in [5, 5.41) is 2.75. The van der Waals surface area contributed by atoms with E-state index in [0.29, 0.717) is 5.95 Å². The third-order valence-electron chi connectivity index (χ3n) is 3.21. The first-order valence-electron chi connectivity index (χ1n) is 6.72. The quantitative estimate of drug-likeness (QED) is 0.718. The van der Waals surface area contributed by atoms with Gasteiger partial charge < -0.3 is 4.98 Å². The summed E-state index contributed by atoms with van der Waals surface area (Å²) >= 11 is 0. The molecular weight excluding hydrogens is 262 g/mol. The lowest BCUT2D eigenvalue weighted by atomic mass is 10.1. The summed E-state index contributed by atoms with van der Waals surface area (Å²) in [6.07, 6.45) is 1.57. The zero-order chi connectivity index (χ0) is 14.7. The van der Waals surface area contributed by atoms with Gasteiger partial charge in [0.1, 0.15) is 0 Å². The number of nitrogens with zero attached hydrogens (tertiary/aromatic N) is 1. The van der Waals surface area contributed by atoms with E-state index in [9.17, 15) is 4.79 Å². The number of nitrogens with one attached hydrogen (secondary N) is 2. The van der Waals surface area contributed by atoms with E-state index in [1.807, 2.05) is 61.5 Å². The van der Waals surface area contributed by atoms with Crippen LogP contribution < -0.4 is 5.32 Å². The van der Waals surface area contributed by atoms with Crippen molar-refractivity contribution in [3.8, 4) is 0 Å². The Labute approximate surface area is 122 Å². The molecule has 1 aromatic heterocycles. The van der Waals surface area contributed by atoms with Gasteiger partial charge in [0.05, 0.1) is 11.0 Å². The molecule has 0 saturated heterocycles. The Morgan fingerprint density at radius 1 is 1.10 bits per heavy atom. The number of rotatable bonds is 3. The monoisotopic (exact) mass is 277 g/mol. The molecule has 2 aromatic carbocycles. The minimum Gasteiger partial charge on any atom is -0.324 e. The van der Waals surface area contributed by atoms with Gasteiger partial charge in [-0.15, -0.1) is 0 Å². The van der Waals surface area contributed by atoms with Crippen molar-refractivity contribution < 1.29 is 4.79 Å². The van der Waals surface area contributed by atoms with Crippen LogP contribution in [0.15, 0.2) is 60.7 Å². The molecule has 0 atom stereocenters. The molecule has 2 N–H and O–H groups in total. The van der Waals surface area contributed by atoms with E-state index in [2.05, 4.69) is 15.3 Å². The number of benzene rings is 2. The first-order valence-corrected chi connectivity index (χ1v) is 6.72. The smallest absolute Gasteiger partial charge is 0.250 e. The largest absolute Gasteiger partial charge is 0.324 e. The molecule has 0 aliphatic rings. The second-order valence-corrected chi connectivity index (χ2v) is 4.79. The number of carbonyl (C=O) groups excluding carboxylic acids is 1. The molecule has 1 heterocycles. The van der Waals surface area contributed by atoms with Gasteiger partial charge in [-0.25, -0.2) is 4.98 Å². The highest BCUT2D eigenvalue weighted by Crippen LogP contribution is 2.15. The average molecular weight is 277 g/mol. The summed E-state index contributed by atoms with van der Waals surface area (Å²) in [7, 11) is 0.